The Labute approximate surface area is 164 Å². The van der Waals surface area contributed by atoms with E-state index in [0.717, 1.165) is 42.6 Å². The monoisotopic (exact) mass is 380 g/mol. The number of benzene rings is 1. The highest BCUT2D eigenvalue weighted by Gasteiger charge is 2.26. The van der Waals surface area contributed by atoms with E-state index in [0.29, 0.717) is 0 Å². The maximum absolute atomic E-state index is 6.08. The molecule has 0 bridgehead atoms. The third-order valence-corrected chi connectivity index (χ3v) is 5.86. The molecule has 1 fully saturated rings. The van der Waals surface area contributed by atoms with Gasteiger partial charge < -0.3 is 9.64 Å². The van der Waals surface area contributed by atoms with Gasteiger partial charge in [-0.05, 0) is 18.6 Å². The summed E-state index contributed by atoms with van der Waals surface area (Å²) in [6, 6.07) is 14.3. The van der Waals surface area contributed by atoms with E-state index in [9.17, 15) is 0 Å². The molecule has 1 unspecified atom stereocenters. The van der Waals surface area contributed by atoms with Crippen molar-refractivity contribution in [2.45, 2.75) is 19.1 Å². The van der Waals surface area contributed by atoms with Gasteiger partial charge in [-0.15, -0.1) is 0 Å². The third-order valence-electron chi connectivity index (χ3n) is 4.65. The van der Waals surface area contributed by atoms with E-state index >= 15 is 0 Å². The molecule has 1 saturated heterocycles. The fourth-order valence-corrected chi connectivity index (χ4v) is 4.36. The maximum Gasteiger partial charge on any atom is 0.185 e. The molecule has 2 aromatic heterocycles. The van der Waals surface area contributed by atoms with Crippen molar-refractivity contribution in [2.75, 3.05) is 32.1 Å². The van der Waals surface area contributed by atoms with Gasteiger partial charge in [0.2, 0.25) is 0 Å². The number of ether oxygens (including phenoxy) is 1. The summed E-state index contributed by atoms with van der Waals surface area (Å²) in [6.45, 7) is 2.87. The third kappa shape index (κ3) is 4.28. The molecule has 5 nitrogen and oxygen atoms in total. The van der Waals surface area contributed by atoms with Crippen molar-refractivity contribution in [3.05, 3.63) is 59.7 Å². The summed E-state index contributed by atoms with van der Waals surface area (Å²) in [5.41, 5.74) is 2.28. The molecular formula is C21H24N4OS. The van der Waals surface area contributed by atoms with E-state index in [-0.39, 0.29) is 6.10 Å². The van der Waals surface area contributed by atoms with Gasteiger partial charge in [0.05, 0.1) is 11.9 Å². The number of anilines is 1. The molecule has 0 spiro atoms. The number of thiazole rings is 1. The van der Waals surface area contributed by atoms with Gasteiger partial charge in [-0.1, -0.05) is 41.7 Å². The standard InChI is InChI=1S/C21H24N4OS/c1-24(2)21-23-20(16-7-4-3-5-8-16)19(27-21)15-25-12-10-18(14-25)26-17-9-6-11-22-13-17/h3-9,11,13,18H,10,12,14-15H2,1-2H3. The van der Waals surface area contributed by atoms with E-state index < -0.39 is 0 Å². The van der Waals surface area contributed by atoms with Crippen LogP contribution in [0.25, 0.3) is 11.3 Å². The molecule has 0 saturated carbocycles. The van der Waals surface area contributed by atoms with Gasteiger partial charge in [0.15, 0.2) is 5.13 Å². The van der Waals surface area contributed by atoms with E-state index in [2.05, 4.69) is 39.0 Å². The van der Waals surface area contributed by atoms with Gasteiger partial charge in [0, 0.05) is 50.4 Å². The summed E-state index contributed by atoms with van der Waals surface area (Å²) < 4.78 is 6.08. The van der Waals surface area contributed by atoms with Crippen molar-refractivity contribution in [1.82, 2.24) is 14.9 Å². The number of aromatic nitrogens is 2. The van der Waals surface area contributed by atoms with Gasteiger partial charge >= 0.3 is 0 Å². The van der Waals surface area contributed by atoms with Gasteiger partial charge in [-0.3, -0.25) is 9.88 Å². The summed E-state index contributed by atoms with van der Waals surface area (Å²) in [7, 11) is 4.09. The minimum atomic E-state index is 0.218. The van der Waals surface area contributed by atoms with Crippen LogP contribution in [-0.4, -0.2) is 48.2 Å². The highest BCUT2D eigenvalue weighted by Crippen LogP contribution is 2.34. The van der Waals surface area contributed by atoms with E-state index in [1.54, 1.807) is 23.7 Å². The molecule has 3 heterocycles. The van der Waals surface area contributed by atoms with Crippen LogP contribution in [0.2, 0.25) is 0 Å². The van der Waals surface area contributed by atoms with E-state index in [1.807, 2.05) is 32.3 Å². The predicted octanol–water partition coefficient (Wildman–Crippen LogP) is 3.92. The second-order valence-corrected chi connectivity index (χ2v) is 8.04. The molecular weight excluding hydrogens is 356 g/mol. The molecule has 1 aromatic carbocycles. The first kappa shape index (κ1) is 17.9. The molecule has 3 aromatic rings. The zero-order valence-corrected chi connectivity index (χ0v) is 16.5. The summed E-state index contributed by atoms with van der Waals surface area (Å²) in [5.74, 6) is 0.849. The van der Waals surface area contributed by atoms with Crippen LogP contribution >= 0.6 is 11.3 Å². The van der Waals surface area contributed by atoms with Crippen molar-refractivity contribution in [1.29, 1.82) is 0 Å². The van der Waals surface area contributed by atoms with Gasteiger partial charge in [0.1, 0.15) is 11.9 Å². The number of hydrogen-bond donors (Lipinski definition) is 0. The van der Waals surface area contributed by atoms with Crippen LogP contribution in [0.4, 0.5) is 5.13 Å². The smallest absolute Gasteiger partial charge is 0.185 e. The number of pyridine rings is 1. The lowest BCUT2D eigenvalue weighted by Crippen LogP contribution is -2.24. The van der Waals surface area contributed by atoms with Crippen molar-refractivity contribution in [2.24, 2.45) is 0 Å². The first-order valence-electron chi connectivity index (χ1n) is 9.20. The fraction of sp³-hybridized carbons (Fsp3) is 0.333. The number of nitrogens with zero attached hydrogens (tertiary/aromatic N) is 4. The van der Waals surface area contributed by atoms with Crippen LogP contribution in [0.3, 0.4) is 0 Å². The Morgan fingerprint density at radius 3 is 2.78 bits per heavy atom. The van der Waals surface area contributed by atoms with Crippen LogP contribution in [0.1, 0.15) is 11.3 Å². The largest absolute Gasteiger partial charge is 0.487 e. The van der Waals surface area contributed by atoms with Gasteiger partial charge in [-0.25, -0.2) is 4.98 Å². The highest BCUT2D eigenvalue weighted by atomic mass is 32.1. The Morgan fingerprint density at radius 2 is 2.04 bits per heavy atom. The van der Waals surface area contributed by atoms with Gasteiger partial charge in [-0.2, -0.15) is 0 Å². The highest BCUT2D eigenvalue weighted by molar-refractivity contribution is 7.16. The Balaban J connectivity index is 1.48. The van der Waals surface area contributed by atoms with E-state index in [4.69, 9.17) is 9.72 Å². The lowest BCUT2D eigenvalue weighted by atomic mass is 10.1. The molecule has 0 amide bonds. The topological polar surface area (TPSA) is 41.5 Å². The van der Waals surface area contributed by atoms with Crippen LogP contribution in [0.5, 0.6) is 5.75 Å². The Hall–Kier alpha value is -2.44. The SMILES string of the molecule is CN(C)c1nc(-c2ccccc2)c(CN2CCC(Oc3cccnc3)C2)s1. The molecule has 1 atom stereocenters. The summed E-state index contributed by atoms with van der Waals surface area (Å²) in [6.07, 6.45) is 4.80. The molecule has 140 valence electrons. The lowest BCUT2D eigenvalue weighted by Gasteiger charge is -2.16. The second-order valence-electron chi connectivity index (χ2n) is 6.98. The number of hydrogen-bond acceptors (Lipinski definition) is 6. The quantitative estimate of drug-likeness (QED) is 0.648. The molecule has 27 heavy (non-hydrogen) atoms. The van der Waals surface area contributed by atoms with Crippen LogP contribution < -0.4 is 9.64 Å². The number of likely N-dealkylation sites (tertiary alicyclic amines) is 1. The molecule has 6 heteroatoms. The summed E-state index contributed by atoms with van der Waals surface area (Å²) in [4.78, 5) is 14.9. The molecule has 1 aliphatic heterocycles. The zero-order valence-electron chi connectivity index (χ0n) is 15.7. The minimum Gasteiger partial charge on any atom is -0.487 e. The predicted molar refractivity (Wildman–Crippen MR) is 110 cm³/mol. The fourth-order valence-electron chi connectivity index (χ4n) is 3.31. The molecule has 1 aliphatic rings. The van der Waals surface area contributed by atoms with Gasteiger partial charge in [0.25, 0.3) is 0 Å². The van der Waals surface area contributed by atoms with E-state index in [1.165, 1.54) is 10.4 Å². The van der Waals surface area contributed by atoms with Crippen LogP contribution in [0, 0.1) is 0 Å². The van der Waals surface area contributed by atoms with Crippen molar-refractivity contribution in [3.63, 3.8) is 0 Å². The lowest BCUT2D eigenvalue weighted by molar-refractivity contribution is 0.198. The Bertz CT molecular complexity index is 866. The van der Waals surface area contributed by atoms with Crippen molar-refractivity contribution in [3.8, 4) is 17.0 Å². The average molecular weight is 381 g/mol. The molecule has 4 rings (SSSR count). The maximum atomic E-state index is 6.08. The first-order valence-corrected chi connectivity index (χ1v) is 10.0. The van der Waals surface area contributed by atoms with Crippen LogP contribution in [0.15, 0.2) is 54.9 Å². The van der Waals surface area contributed by atoms with Crippen molar-refractivity contribution < 1.29 is 4.74 Å². The average Bonchev–Trinajstić information content (AvgIpc) is 3.31. The summed E-state index contributed by atoms with van der Waals surface area (Å²) >= 11 is 1.78. The first-order chi connectivity index (χ1) is 13.2. The molecule has 0 radical (unpaired) electrons. The molecule has 0 N–H and O–H groups in total. The van der Waals surface area contributed by atoms with Crippen molar-refractivity contribution >= 4 is 16.5 Å². The number of rotatable bonds is 6. The normalized spacial score (nSPS) is 17.2. The minimum absolute atomic E-state index is 0.218. The Kier molecular flexibility index (Phi) is 5.36. The molecule has 0 aliphatic carbocycles. The Morgan fingerprint density at radius 1 is 1.19 bits per heavy atom. The summed E-state index contributed by atoms with van der Waals surface area (Å²) in [5, 5.41) is 1.05. The second kappa shape index (κ2) is 8.06. The van der Waals surface area contributed by atoms with Crippen LogP contribution in [-0.2, 0) is 6.54 Å². The zero-order chi connectivity index (χ0) is 18.6.